The number of nitro benzene ring substituents is 1. The predicted molar refractivity (Wildman–Crippen MR) is 80.2 cm³/mol. The summed E-state index contributed by atoms with van der Waals surface area (Å²) >= 11 is 5.89. The zero-order valence-corrected chi connectivity index (χ0v) is 12.4. The normalized spacial score (nSPS) is 10.1. The standard InChI is InChI=1S/C15H12ClNO5/c1-21-15(18)13-6-5-11(16)8-14(13)22-9-10-3-2-4-12(7-10)17(19)20/h2-8H,9H2,1H3. The van der Waals surface area contributed by atoms with Gasteiger partial charge in [-0.2, -0.15) is 0 Å². The fraction of sp³-hybridized carbons (Fsp3) is 0.133. The molecule has 0 spiro atoms. The molecule has 0 radical (unpaired) electrons. The third-order valence-corrected chi connectivity index (χ3v) is 3.10. The quantitative estimate of drug-likeness (QED) is 0.477. The largest absolute Gasteiger partial charge is 0.488 e. The summed E-state index contributed by atoms with van der Waals surface area (Å²) in [7, 11) is 1.27. The van der Waals surface area contributed by atoms with Crippen LogP contribution >= 0.6 is 11.6 Å². The van der Waals surface area contributed by atoms with Crippen LogP contribution < -0.4 is 4.74 Å². The van der Waals surface area contributed by atoms with Gasteiger partial charge in [-0.25, -0.2) is 4.79 Å². The van der Waals surface area contributed by atoms with Gasteiger partial charge in [-0.05, 0) is 23.8 Å². The molecule has 0 aromatic heterocycles. The number of non-ortho nitro benzene ring substituents is 1. The Balaban J connectivity index is 2.21. The van der Waals surface area contributed by atoms with E-state index in [2.05, 4.69) is 4.74 Å². The summed E-state index contributed by atoms with van der Waals surface area (Å²) in [5.41, 5.74) is 0.808. The lowest BCUT2D eigenvalue weighted by molar-refractivity contribution is -0.384. The van der Waals surface area contributed by atoms with Crippen molar-refractivity contribution in [3.63, 3.8) is 0 Å². The van der Waals surface area contributed by atoms with E-state index < -0.39 is 10.9 Å². The van der Waals surface area contributed by atoms with Gasteiger partial charge in [-0.3, -0.25) is 10.1 Å². The summed E-state index contributed by atoms with van der Waals surface area (Å²) in [6, 6.07) is 10.6. The van der Waals surface area contributed by atoms with E-state index in [1.807, 2.05) is 0 Å². The number of carbonyl (C=O) groups excluding carboxylic acids is 1. The lowest BCUT2D eigenvalue weighted by Gasteiger charge is -2.10. The maximum atomic E-state index is 11.7. The van der Waals surface area contributed by atoms with Crippen molar-refractivity contribution in [2.45, 2.75) is 6.61 Å². The number of nitro groups is 1. The summed E-state index contributed by atoms with van der Waals surface area (Å²) in [5.74, 6) is -0.295. The summed E-state index contributed by atoms with van der Waals surface area (Å²) in [6.45, 7) is 0.0615. The van der Waals surface area contributed by atoms with E-state index in [4.69, 9.17) is 16.3 Å². The fourth-order valence-corrected chi connectivity index (χ4v) is 1.98. The smallest absolute Gasteiger partial charge is 0.341 e. The molecule has 0 aliphatic heterocycles. The van der Waals surface area contributed by atoms with Crippen molar-refractivity contribution >= 4 is 23.3 Å². The second kappa shape index (κ2) is 6.91. The van der Waals surface area contributed by atoms with Gasteiger partial charge in [0.05, 0.1) is 12.0 Å². The van der Waals surface area contributed by atoms with Crippen molar-refractivity contribution in [1.82, 2.24) is 0 Å². The molecular formula is C15H12ClNO5. The third-order valence-electron chi connectivity index (χ3n) is 2.86. The first-order valence-electron chi connectivity index (χ1n) is 6.25. The van der Waals surface area contributed by atoms with Crippen LogP contribution in [0.3, 0.4) is 0 Å². The number of rotatable bonds is 5. The van der Waals surface area contributed by atoms with Gasteiger partial charge in [0.1, 0.15) is 17.9 Å². The number of carbonyl (C=O) groups is 1. The minimum absolute atomic E-state index is 0.0274. The molecule has 2 aromatic rings. The first-order chi connectivity index (χ1) is 10.5. The molecule has 0 atom stereocenters. The van der Waals surface area contributed by atoms with Gasteiger partial charge in [0.2, 0.25) is 0 Å². The minimum atomic E-state index is -0.550. The monoisotopic (exact) mass is 321 g/mol. The molecule has 6 nitrogen and oxygen atoms in total. The van der Waals surface area contributed by atoms with E-state index in [-0.39, 0.29) is 23.6 Å². The molecule has 2 aromatic carbocycles. The molecule has 0 saturated heterocycles. The van der Waals surface area contributed by atoms with Crippen molar-refractivity contribution in [1.29, 1.82) is 0 Å². The van der Waals surface area contributed by atoms with E-state index in [1.54, 1.807) is 18.2 Å². The lowest BCUT2D eigenvalue weighted by atomic mass is 10.2. The predicted octanol–water partition coefficient (Wildman–Crippen LogP) is 3.61. The van der Waals surface area contributed by atoms with Crippen LogP contribution in [0.2, 0.25) is 5.02 Å². The average Bonchev–Trinajstić information content (AvgIpc) is 2.52. The van der Waals surface area contributed by atoms with E-state index >= 15 is 0 Å². The third kappa shape index (κ3) is 3.73. The summed E-state index contributed by atoms with van der Waals surface area (Å²) < 4.78 is 10.2. The Morgan fingerprint density at radius 3 is 2.73 bits per heavy atom. The van der Waals surface area contributed by atoms with Gasteiger partial charge in [-0.1, -0.05) is 23.7 Å². The molecule has 0 saturated carbocycles. The van der Waals surface area contributed by atoms with Crippen molar-refractivity contribution in [3.8, 4) is 5.75 Å². The highest BCUT2D eigenvalue weighted by molar-refractivity contribution is 6.30. The number of methoxy groups -OCH3 is 1. The second-order valence-corrected chi connectivity index (χ2v) is 4.78. The summed E-state index contributed by atoms with van der Waals surface area (Å²) in [4.78, 5) is 21.9. The molecule has 22 heavy (non-hydrogen) atoms. The number of hydrogen-bond acceptors (Lipinski definition) is 5. The van der Waals surface area contributed by atoms with Crippen molar-refractivity contribution in [2.75, 3.05) is 7.11 Å². The Kier molecular flexibility index (Phi) is 4.95. The van der Waals surface area contributed by atoms with Crippen LogP contribution in [-0.2, 0) is 11.3 Å². The van der Waals surface area contributed by atoms with Crippen molar-refractivity contribution in [2.24, 2.45) is 0 Å². The van der Waals surface area contributed by atoms with Gasteiger partial charge in [0, 0.05) is 17.2 Å². The maximum absolute atomic E-state index is 11.7. The Morgan fingerprint density at radius 1 is 1.27 bits per heavy atom. The molecule has 0 N–H and O–H groups in total. The Bertz CT molecular complexity index is 717. The van der Waals surface area contributed by atoms with Crippen LogP contribution in [0.4, 0.5) is 5.69 Å². The Hall–Kier alpha value is -2.60. The average molecular weight is 322 g/mol. The first kappa shape index (κ1) is 15.8. The van der Waals surface area contributed by atoms with Crippen LogP contribution in [0.1, 0.15) is 15.9 Å². The van der Waals surface area contributed by atoms with Gasteiger partial charge >= 0.3 is 5.97 Å². The zero-order chi connectivity index (χ0) is 16.1. The molecule has 114 valence electrons. The molecule has 0 amide bonds. The van der Waals surface area contributed by atoms with Crippen molar-refractivity contribution < 1.29 is 19.2 Å². The SMILES string of the molecule is COC(=O)c1ccc(Cl)cc1OCc1cccc([N+](=O)[O-])c1. The molecule has 7 heteroatoms. The van der Waals surface area contributed by atoms with Crippen LogP contribution in [-0.4, -0.2) is 18.0 Å². The first-order valence-corrected chi connectivity index (χ1v) is 6.63. The second-order valence-electron chi connectivity index (χ2n) is 4.35. The van der Waals surface area contributed by atoms with E-state index in [1.165, 1.54) is 31.4 Å². The van der Waals surface area contributed by atoms with Gasteiger partial charge in [-0.15, -0.1) is 0 Å². The molecule has 0 aliphatic carbocycles. The number of nitrogens with zero attached hydrogens (tertiary/aromatic N) is 1. The maximum Gasteiger partial charge on any atom is 0.341 e. The van der Waals surface area contributed by atoms with Crippen LogP contribution in [0.5, 0.6) is 5.75 Å². The number of halogens is 1. The van der Waals surface area contributed by atoms with Gasteiger partial charge in [0.15, 0.2) is 0 Å². The van der Waals surface area contributed by atoms with E-state index in [9.17, 15) is 14.9 Å². The van der Waals surface area contributed by atoms with Gasteiger partial charge in [0.25, 0.3) is 5.69 Å². The van der Waals surface area contributed by atoms with Gasteiger partial charge < -0.3 is 9.47 Å². The molecule has 0 unspecified atom stereocenters. The fourth-order valence-electron chi connectivity index (χ4n) is 1.82. The van der Waals surface area contributed by atoms with E-state index in [0.717, 1.165) is 0 Å². The molecule has 0 bridgehead atoms. The van der Waals surface area contributed by atoms with Crippen LogP contribution in [0.15, 0.2) is 42.5 Å². The van der Waals surface area contributed by atoms with Crippen LogP contribution in [0.25, 0.3) is 0 Å². The zero-order valence-electron chi connectivity index (χ0n) is 11.6. The number of esters is 1. The Labute approximate surface area is 131 Å². The summed E-state index contributed by atoms with van der Waals surface area (Å²) in [5, 5.41) is 11.1. The van der Waals surface area contributed by atoms with Crippen LogP contribution in [0, 0.1) is 10.1 Å². The highest BCUT2D eigenvalue weighted by Gasteiger charge is 2.14. The lowest BCUT2D eigenvalue weighted by Crippen LogP contribution is -2.06. The molecule has 0 heterocycles. The molecule has 2 rings (SSSR count). The number of benzene rings is 2. The highest BCUT2D eigenvalue weighted by atomic mass is 35.5. The molecule has 0 fully saturated rings. The Morgan fingerprint density at radius 2 is 2.05 bits per heavy atom. The molecular weight excluding hydrogens is 310 g/mol. The van der Waals surface area contributed by atoms with Crippen molar-refractivity contribution in [3.05, 3.63) is 68.7 Å². The number of hydrogen-bond donors (Lipinski definition) is 0. The highest BCUT2D eigenvalue weighted by Crippen LogP contribution is 2.25. The minimum Gasteiger partial charge on any atom is -0.488 e. The summed E-state index contributed by atoms with van der Waals surface area (Å²) in [6.07, 6.45) is 0. The molecule has 0 aliphatic rings. The topological polar surface area (TPSA) is 78.7 Å². The number of ether oxygens (including phenoxy) is 2. The van der Waals surface area contributed by atoms with E-state index in [0.29, 0.717) is 10.6 Å².